The first-order valence-corrected chi connectivity index (χ1v) is 9.00. The van der Waals surface area contributed by atoms with Gasteiger partial charge >= 0.3 is 12.4 Å². The highest BCUT2D eigenvalue weighted by Gasteiger charge is 2.71. The van der Waals surface area contributed by atoms with E-state index >= 15 is 0 Å². The van der Waals surface area contributed by atoms with Crippen molar-refractivity contribution in [1.29, 1.82) is 0 Å². The average Bonchev–Trinajstić information content (AvgIpc) is 2.98. The molecule has 13 heteroatoms. The van der Waals surface area contributed by atoms with Crippen LogP contribution in [0.3, 0.4) is 0 Å². The van der Waals surface area contributed by atoms with Gasteiger partial charge in [0.05, 0.1) is 18.5 Å². The molecule has 2 rings (SSSR count). The third kappa shape index (κ3) is 4.42. The highest BCUT2D eigenvalue weighted by molar-refractivity contribution is 7.88. The first-order valence-electron chi connectivity index (χ1n) is 7.11. The molecule has 150 valence electrons. The van der Waals surface area contributed by atoms with Gasteiger partial charge in [-0.1, -0.05) is 24.3 Å². The standard InChI is InChI=1S/C14H13F6N3O3S/c1-27(25,26)22-7-10-6-21-11(23-10)8-2-4-9(5-3-8)12(24,13(15,16)17)14(18,19)20/h2-6,22,24H,7H2,1H3,(H,21,23). The van der Waals surface area contributed by atoms with Crippen LogP contribution in [-0.2, 0) is 22.2 Å². The van der Waals surface area contributed by atoms with Gasteiger partial charge in [-0.2, -0.15) is 26.3 Å². The number of benzene rings is 1. The quantitative estimate of drug-likeness (QED) is 0.652. The lowest BCUT2D eigenvalue weighted by molar-refractivity contribution is -0.376. The summed E-state index contributed by atoms with van der Waals surface area (Å²) in [6.45, 7) is -0.157. The molecule has 0 radical (unpaired) electrons. The summed E-state index contributed by atoms with van der Waals surface area (Å²) in [7, 11) is -3.47. The molecule has 0 bridgehead atoms. The number of aromatic nitrogens is 2. The molecular formula is C14H13F6N3O3S. The van der Waals surface area contributed by atoms with Crippen LogP contribution >= 0.6 is 0 Å². The summed E-state index contributed by atoms with van der Waals surface area (Å²) in [5, 5.41) is 9.33. The molecule has 0 aliphatic carbocycles. The second-order valence-corrected chi connectivity index (χ2v) is 7.45. The maximum Gasteiger partial charge on any atom is 0.430 e. The number of nitrogens with one attached hydrogen (secondary N) is 2. The highest BCUT2D eigenvalue weighted by Crippen LogP contribution is 2.50. The lowest BCUT2D eigenvalue weighted by Gasteiger charge is -2.32. The van der Waals surface area contributed by atoms with E-state index in [1.807, 2.05) is 0 Å². The minimum absolute atomic E-state index is 0.0920. The maximum atomic E-state index is 12.8. The van der Waals surface area contributed by atoms with E-state index in [0.717, 1.165) is 18.4 Å². The predicted octanol–water partition coefficient (Wildman–Crippen LogP) is 2.44. The smallest absolute Gasteiger partial charge is 0.369 e. The number of hydrogen-bond acceptors (Lipinski definition) is 4. The average molecular weight is 417 g/mol. The summed E-state index contributed by atoms with van der Waals surface area (Å²) in [6, 6.07) is 2.83. The normalized spacial score (nSPS) is 13.8. The Morgan fingerprint density at radius 1 is 1.07 bits per heavy atom. The van der Waals surface area contributed by atoms with Crippen molar-refractivity contribution < 1.29 is 39.9 Å². The second-order valence-electron chi connectivity index (χ2n) is 5.62. The Labute approximate surface area is 149 Å². The summed E-state index contributed by atoms with van der Waals surface area (Å²) in [6.07, 6.45) is -9.69. The number of alkyl halides is 6. The number of hydrogen-bond donors (Lipinski definition) is 3. The lowest BCUT2D eigenvalue weighted by Crippen LogP contribution is -2.53. The number of aromatic amines is 1. The van der Waals surface area contributed by atoms with Crippen molar-refractivity contribution in [3.05, 3.63) is 41.7 Å². The zero-order chi connectivity index (χ0) is 20.7. The largest absolute Gasteiger partial charge is 0.430 e. The van der Waals surface area contributed by atoms with Crippen LogP contribution < -0.4 is 4.72 Å². The summed E-state index contributed by atoms with van der Waals surface area (Å²) in [5.41, 5.74) is -6.01. The first-order chi connectivity index (χ1) is 12.1. The van der Waals surface area contributed by atoms with E-state index in [1.54, 1.807) is 0 Å². The van der Waals surface area contributed by atoms with Crippen molar-refractivity contribution in [2.24, 2.45) is 0 Å². The topological polar surface area (TPSA) is 95.1 Å². The molecule has 2 aromatic rings. The maximum absolute atomic E-state index is 12.8. The minimum atomic E-state index is -5.97. The fraction of sp³-hybridized carbons (Fsp3) is 0.357. The summed E-state index contributed by atoms with van der Waals surface area (Å²) >= 11 is 0. The van der Waals surface area contributed by atoms with E-state index < -0.39 is 33.5 Å². The summed E-state index contributed by atoms with van der Waals surface area (Å²) in [4.78, 5) is 6.61. The Kier molecular flexibility index (Phi) is 5.33. The predicted molar refractivity (Wildman–Crippen MR) is 81.7 cm³/mol. The number of H-pyrrole nitrogens is 1. The fourth-order valence-electron chi connectivity index (χ4n) is 2.16. The van der Waals surface area contributed by atoms with Gasteiger partial charge < -0.3 is 10.1 Å². The molecule has 27 heavy (non-hydrogen) atoms. The third-order valence-corrected chi connectivity index (χ3v) is 4.21. The first kappa shape index (κ1) is 21.2. The van der Waals surface area contributed by atoms with E-state index in [2.05, 4.69) is 14.7 Å². The number of aliphatic hydroxyl groups is 1. The minimum Gasteiger partial charge on any atom is -0.369 e. The van der Waals surface area contributed by atoms with Crippen LogP contribution in [0.15, 0.2) is 30.5 Å². The molecular weight excluding hydrogens is 404 g/mol. The summed E-state index contributed by atoms with van der Waals surface area (Å²) in [5.74, 6) is 0.0920. The van der Waals surface area contributed by atoms with E-state index in [-0.39, 0.29) is 23.6 Å². The van der Waals surface area contributed by atoms with Crippen LogP contribution in [0.5, 0.6) is 0 Å². The van der Waals surface area contributed by atoms with Crippen LogP contribution in [0.4, 0.5) is 26.3 Å². The van der Waals surface area contributed by atoms with E-state index in [1.165, 1.54) is 6.20 Å². The van der Waals surface area contributed by atoms with Crippen LogP contribution in [0.1, 0.15) is 11.3 Å². The Morgan fingerprint density at radius 3 is 2.04 bits per heavy atom. The monoisotopic (exact) mass is 417 g/mol. The Morgan fingerprint density at radius 2 is 1.59 bits per heavy atom. The molecule has 0 unspecified atom stereocenters. The molecule has 0 saturated carbocycles. The number of imidazole rings is 1. The van der Waals surface area contributed by atoms with Gasteiger partial charge in [0.25, 0.3) is 5.60 Å². The van der Waals surface area contributed by atoms with E-state index in [9.17, 15) is 39.9 Å². The van der Waals surface area contributed by atoms with Gasteiger partial charge in [-0.15, -0.1) is 0 Å². The third-order valence-electron chi connectivity index (χ3n) is 3.54. The van der Waals surface area contributed by atoms with Crippen molar-refractivity contribution in [2.75, 3.05) is 6.26 Å². The molecule has 0 aliphatic rings. The van der Waals surface area contributed by atoms with Crippen molar-refractivity contribution in [1.82, 2.24) is 14.7 Å². The Balaban J connectivity index is 2.31. The van der Waals surface area contributed by atoms with Gasteiger partial charge in [0.2, 0.25) is 10.0 Å². The molecule has 6 nitrogen and oxygen atoms in total. The molecule has 3 N–H and O–H groups in total. The van der Waals surface area contributed by atoms with Gasteiger partial charge in [0, 0.05) is 17.3 Å². The number of rotatable bonds is 5. The van der Waals surface area contributed by atoms with Crippen LogP contribution in [0.25, 0.3) is 11.4 Å². The number of nitrogens with zero attached hydrogens (tertiary/aromatic N) is 1. The van der Waals surface area contributed by atoms with Crippen LogP contribution in [-0.4, -0.2) is 42.1 Å². The van der Waals surface area contributed by atoms with Gasteiger partial charge in [-0.3, -0.25) is 0 Å². The van der Waals surface area contributed by atoms with Crippen molar-refractivity contribution in [2.45, 2.75) is 24.5 Å². The lowest BCUT2D eigenvalue weighted by atomic mass is 9.91. The van der Waals surface area contributed by atoms with Gasteiger partial charge in [0.15, 0.2) is 0 Å². The van der Waals surface area contributed by atoms with Crippen molar-refractivity contribution >= 4 is 10.0 Å². The molecule has 0 amide bonds. The fourth-order valence-corrected chi connectivity index (χ4v) is 2.57. The second kappa shape index (κ2) is 6.80. The molecule has 1 aromatic carbocycles. The molecule has 0 aliphatic heterocycles. The van der Waals surface area contributed by atoms with Crippen LogP contribution in [0.2, 0.25) is 0 Å². The highest BCUT2D eigenvalue weighted by atomic mass is 32.2. The molecule has 0 spiro atoms. The molecule has 1 heterocycles. The van der Waals surface area contributed by atoms with Crippen LogP contribution in [0, 0.1) is 0 Å². The number of sulfonamides is 1. The summed E-state index contributed by atoms with van der Waals surface area (Å²) < 4.78 is 101. The number of halogens is 6. The van der Waals surface area contributed by atoms with Crippen molar-refractivity contribution in [3.8, 4) is 11.4 Å². The van der Waals surface area contributed by atoms with E-state index in [4.69, 9.17) is 0 Å². The zero-order valence-electron chi connectivity index (χ0n) is 13.5. The van der Waals surface area contributed by atoms with Gasteiger partial charge in [-0.25, -0.2) is 18.1 Å². The van der Waals surface area contributed by atoms with Crippen molar-refractivity contribution in [3.63, 3.8) is 0 Å². The van der Waals surface area contributed by atoms with Gasteiger partial charge in [-0.05, 0) is 0 Å². The zero-order valence-corrected chi connectivity index (χ0v) is 14.3. The van der Waals surface area contributed by atoms with E-state index in [0.29, 0.717) is 12.1 Å². The molecule has 0 atom stereocenters. The van der Waals surface area contributed by atoms with Gasteiger partial charge in [0.1, 0.15) is 5.82 Å². The Hall–Kier alpha value is -2.12. The SMILES string of the molecule is CS(=O)(=O)NCc1c[nH]c(-c2ccc(C(O)(C(F)(F)F)C(F)(F)F)cc2)n1. The molecule has 0 saturated heterocycles. The molecule has 0 fully saturated rings. The Bertz CT molecular complexity index is 889. The molecule has 1 aromatic heterocycles.